The van der Waals surface area contributed by atoms with Crippen molar-refractivity contribution < 1.29 is 41.0 Å². The van der Waals surface area contributed by atoms with Gasteiger partial charge in [0.05, 0.1) is 13.2 Å². The Labute approximate surface area is 163 Å². The molecule has 0 spiro atoms. The molecule has 9 heteroatoms. The summed E-state index contributed by atoms with van der Waals surface area (Å²) in [5.41, 5.74) is -1.04. The molecule has 4 nitrogen and oxygen atoms in total. The molecule has 0 saturated carbocycles. The standard InChI is InChI=1S/C20H17F5O4/c1-2-3-10-8-27-20(28-9-10)11-4-13(21)17(14(22)5-11)19(26)29-12-6-15(23)18(25)16(24)7-12/h4-7,10,20H,2-3,8-9H2,1H3. The van der Waals surface area contributed by atoms with Crippen molar-refractivity contribution in [2.75, 3.05) is 13.2 Å². The van der Waals surface area contributed by atoms with E-state index in [0.717, 1.165) is 25.0 Å². The van der Waals surface area contributed by atoms with Gasteiger partial charge in [0, 0.05) is 23.6 Å². The third-order valence-corrected chi connectivity index (χ3v) is 4.37. The summed E-state index contributed by atoms with van der Waals surface area (Å²) in [6.07, 6.45) is 0.854. The highest BCUT2D eigenvalue weighted by Crippen LogP contribution is 2.30. The van der Waals surface area contributed by atoms with Crippen LogP contribution in [0.1, 0.15) is 42.0 Å². The quantitative estimate of drug-likeness (QED) is 0.296. The van der Waals surface area contributed by atoms with Crippen LogP contribution >= 0.6 is 0 Å². The zero-order chi connectivity index (χ0) is 21.1. The molecule has 2 aromatic rings. The first-order valence-corrected chi connectivity index (χ1v) is 8.89. The smallest absolute Gasteiger partial charge is 0.349 e. The molecule has 0 amide bonds. The van der Waals surface area contributed by atoms with Crippen molar-refractivity contribution >= 4 is 5.97 Å². The van der Waals surface area contributed by atoms with Crippen LogP contribution in [0.5, 0.6) is 5.75 Å². The van der Waals surface area contributed by atoms with Gasteiger partial charge in [-0.05, 0) is 18.6 Å². The van der Waals surface area contributed by atoms with Crippen LogP contribution in [0.3, 0.4) is 0 Å². The Bertz CT molecular complexity index is 864. The summed E-state index contributed by atoms with van der Waals surface area (Å²) in [7, 11) is 0. The summed E-state index contributed by atoms with van der Waals surface area (Å²) in [6.45, 7) is 2.75. The van der Waals surface area contributed by atoms with Crippen molar-refractivity contribution in [2.24, 2.45) is 5.92 Å². The Morgan fingerprint density at radius 1 is 0.966 bits per heavy atom. The fourth-order valence-corrected chi connectivity index (χ4v) is 2.98. The van der Waals surface area contributed by atoms with Gasteiger partial charge in [-0.1, -0.05) is 13.3 Å². The predicted molar refractivity (Wildman–Crippen MR) is 90.7 cm³/mol. The fraction of sp³-hybridized carbons (Fsp3) is 0.350. The van der Waals surface area contributed by atoms with Crippen LogP contribution in [-0.4, -0.2) is 19.2 Å². The first kappa shape index (κ1) is 21.2. The topological polar surface area (TPSA) is 44.8 Å². The molecule has 29 heavy (non-hydrogen) atoms. The lowest BCUT2D eigenvalue weighted by molar-refractivity contribution is -0.206. The van der Waals surface area contributed by atoms with Crippen LogP contribution in [-0.2, 0) is 9.47 Å². The highest BCUT2D eigenvalue weighted by Gasteiger charge is 2.27. The van der Waals surface area contributed by atoms with Crippen molar-refractivity contribution in [2.45, 2.75) is 26.1 Å². The van der Waals surface area contributed by atoms with E-state index >= 15 is 0 Å². The van der Waals surface area contributed by atoms with Crippen LogP contribution in [0.4, 0.5) is 22.0 Å². The maximum Gasteiger partial charge on any atom is 0.349 e. The van der Waals surface area contributed by atoms with E-state index in [9.17, 15) is 26.7 Å². The van der Waals surface area contributed by atoms with Crippen molar-refractivity contribution in [1.82, 2.24) is 0 Å². The van der Waals surface area contributed by atoms with Crippen molar-refractivity contribution in [3.8, 4) is 5.75 Å². The normalized spacial score (nSPS) is 19.2. The largest absolute Gasteiger partial charge is 0.423 e. The number of benzene rings is 2. The van der Waals surface area contributed by atoms with Gasteiger partial charge in [-0.2, -0.15) is 0 Å². The molecule has 0 aromatic heterocycles. The second kappa shape index (κ2) is 8.87. The first-order chi connectivity index (χ1) is 13.8. The highest BCUT2D eigenvalue weighted by molar-refractivity contribution is 5.91. The van der Waals surface area contributed by atoms with Gasteiger partial charge < -0.3 is 14.2 Å². The lowest BCUT2D eigenvalue weighted by Crippen LogP contribution is -2.27. The van der Waals surface area contributed by atoms with Crippen LogP contribution in [0.2, 0.25) is 0 Å². The highest BCUT2D eigenvalue weighted by atomic mass is 19.2. The Morgan fingerprint density at radius 3 is 2.03 bits per heavy atom. The zero-order valence-corrected chi connectivity index (χ0v) is 15.3. The lowest BCUT2D eigenvalue weighted by Gasteiger charge is -2.29. The van der Waals surface area contributed by atoms with Crippen LogP contribution in [0.25, 0.3) is 0 Å². The lowest BCUT2D eigenvalue weighted by atomic mass is 10.0. The minimum absolute atomic E-state index is 0.0327. The Balaban J connectivity index is 1.76. The number of halogens is 5. The van der Waals surface area contributed by atoms with E-state index in [1.54, 1.807) is 0 Å². The average Bonchev–Trinajstić information content (AvgIpc) is 2.66. The summed E-state index contributed by atoms with van der Waals surface area (Å²) in [4.78, 5) is 12.1. The molecule has 0 radical (unpaired) electrons. The van der Waals surface area contributed by atoms with Gasteiger partial charge in [0.15, 0.2) is 23.7 Å². The minimum atomic E-state index is -1.76. The Kier molecular flexibility index (Phi) is 6.49. The van der Waals surface area contributed by atoms with Crippen LogP contribution in [0, 0.1) is 35.0 Å². The van der Waals surface area contributed by atoms with Gasteiger partial charge in [0.1, 0.15) is 22.9 Å². The Morgan fingerprint density at radius 2 is 1.52 bits per heavy atom. The van der Waals surface area contributed by atoms with Gasteiger partial charge in [0.2, 0.25) is 0 Å². The van der Waals surface area contributed by atoms with Gasteiger partial charge in [0.25, 0.3) is 0 Å². The maximum absolute atomic E-state index is 14.4. The SMILES string of the molecule is CCCC1COC(c2cc(F)c(C(=O)Oc3cc(F)c(F)c(F)c3)c(F)c2)OC1. The molecule has 0 N–H and O–H groups in total. The van der Waals surface area contributed by atoms with Crippen LogP contribution < -0.4 is 4.74 Å². The third kappa shape index (κ3) is 4.73. The van der Waals surface area contributed by atoms with E-state index in [-0.39, 0.29) is 11.5 Å². The molecule has 0 unspecified atom stereocenters. The van der Waals surface area contributed by atoms with E-state index in [1.165, 1.54) is 0 Å². The number of carbonyl (C=O) groups excluding carboxylic acids is 1. The molecule has 1 saturated heterocycles. The second-order valence-corrected chi connectivity index (χ2v) is 6.60. The second-order valence-electron chi connectivity index (χ2n) is 6.60. The summed E-state index contributed by atoms with van der Waals surface area (Å²) in [5, 5.41) is 0. The Hall–Kier alpha value is -2.52. The van der Waals surface area contributed by atoms with Crippen molar-refractivity contribution in [3.05, 3.63) is 64.5 Å². The van der Waals surface area contributed by atoms with Crippen molar-refractivity contribution in [1.29, 1.82) is 0 Å². The van der Waals surface area contributed by atoms with Crippen molar-refractivity contribution in [3.63, 3.8) is 0 Å². The zero-order valence-electron chi connectivity index (χ0n) is 15.3. The maximum atomic E-state index is 14.4. The van der Waals surface area contributed by atoms with Gasteiger partial charge in [-0.3, -0.25) is 0 Å². The molecule has 0 bridgehead atoms. The van der Waals surface area contributed by atoms with Gasteiger partial charge >= 0.3 is 5.97 Å². The molecule has 0 atom stereocenters. The summed E-state index contributed by atoms with van der Waals surface area (Å²) < 4.78 is 83.7. The third-order valence-electron chi connectivity index (χ3n) is 4.37. The molecule has 0 aliphatic carbocycles. The van der Waals surface area contributed by atoms with Gasteiger partial charge in [-0.25, -0.2) is 26.7 Å². The average molecular weight is 416 g/mol. The number of hydrogen-bond acceptors (Lipinski definition) is 4. The van der Waals surface area contributed by atoms with E-state index < -0.39 is 52.7 Å². The minimum Gasteiger partial charge on any atom is -0.423 e. The predicted octanol–water partition coefficient (Wildman–Crippen LogP) is 5.06. The van der Waals surface area contributed by atoms with E-state index in [0.29, 0.717) is 25.3 Å². The summed E-state index contributed by atoms with van der Waals surface area (Å²) in [5.74, 6) is -9.61. The number of rotatable bonds is 5. The molecule has 3 rings (SSSR count). The number of ether oxygens (including phenoxy) is 3. The fourth-order valence-electron chi connectivity index (χ4n) is 2.98. The van der Waals surface area contributed by atoms with Crippen LogP contribution in [0.15, 0.2) is 24.3 Å². The number of carbonyl (C=O) groups is 1. The molecule has 1 aliphatic rings. The molecule has 2 aromatic carbocycles. The number of hydrogen-bond donors (Lipinski definition) is 0. The van der Waals surface area contributed by atoms with Gasteiger partial charge in [-0.15, -0.1) is 0 Å². The first-order valence-electron chi connectivity index (χ1n) is 8.89. The molecular formula is C20H17F5O4. The molecular weight excluding hydrogens is 399 g/mol. The van der Waals surface area contributed by atoms with E-state index in [2.05, 4.69) is 4.74 Å². The monoisotopic (exact) mass is 416 g/mol. The van der Waals surface area contributed by atoms with E-state index in [1.807, 2.05) is 6.92 Å². The van der Waals surface area contributed by atoms with E-state index in [4.69, 9.17) is 9.47 Å². The molecule has 156 valence electrons. The summed E-state index contributed by atoms with van der Waals surface area (Å²) >= 11 is 0. The summed E-state index contributed by atoms with van der Waals surface area (Å²) in [6, 6.07) is 2.49. The molecule has 1 aliphatic heterocycles. The molecule has 1 heterocycles. The number of esters is 1. The molecule has 1 fully saturated rings.